The summed E-state index contributed by atoms with van der Waals surface area (Å²) < 4.78 is 0. The first kappa shape index (κ1) is 20.8. The van der Waals surface area contributed by atoms with E-state index in [0.29, 0.717) is 22.2 Å². The fraction of sp³-hybridized carbons (Fsp3) is 0.0526. The van der Waals surface area contributed by atoms with Crippen LogP contribution >= 0.6 is 11.3 Å². The highest BCUT2D eigenvalue weighted by Gasteiger charge is 2.06. The van der Waals surface area contributed by atoms with Crippen LogP contribution in [-0.2, 0) is 0 Å². The largest absolute Gasteiger partial charge is 0.369 e. The lowest BCUT2D eigenvalue weighted by atomic mass is 10.1. The molecule has 9 N–H and O–H groups in total. The maximum absolute atomic E-state index is 12.3. The van der Waals surface area contributed by atoms with Gasteiger partial charge in [-0.2, -0.15) is 5.10 Å². The van der Waals surface area contributed by atoms with E-state index in [1.807, 2.05) is 29.6 Å². The number of guanidine groups is 1. The minimum atomic E-state index is -0.357. The van der Waals surface area contributed by atoms with Crippen LogP contribution in [-0.4, -0.2) is 22.7 Å². The number of nitrogen functional groups attached to an aromatic ring is 1. The molecule has 1 aromatic heterocycles. The summed E-state index contributed by atoms with van der Waals surface area (Å²) in [5, 5.41) is 15.6. The summed E-state index contributed by atoms with van der Waals surface area (Å²) in [6, 6.07) is 14.1. The smallest absolute Gasteiger partial charge is 0.323 e. The Kier molecular flexibility index (Phi) is 6.57. The Morgan fingerprint density at radius 2 is 1.57 bits per heavy atom. The van der Waals surface area contributed by atoms with E-state index in [1.165, 1.54) is 11.3 Å². The van der Waals surface area contributed by atoms with Crippen molar-refractivity contribution < 1.29 is 4.79 Å². The van der Waals surface area contributed by atoms with Gasteiger partial charge < -0.3 is 22.1 Å². The van der Waals surface area contributed by atoms with Gasteiger partial charge in [-0.3, -0.25) is 5.43 Å². The van der Waals surface area contributed by atoms with Crippen molar-refractivity contribution in [3.8, 4) is 11.3 Å². The predicted octanol–water partition coefficient (Wildman–Crippen LogP) is 2.74. The Hall–Kier alpha value is -3.96. The van der Waals surface area contributed by atoms with Crippen molar-refractivity contribution in [2.24, 2.45) is 27.5 Å². The minimum absolute atomic E-state index is 0.110. The summed E-state index contributed by atoms with van der Waals surface area (Å²) in [7, 11) is 0. The Balaban J connectivity index is 1.59. The number of nitrogens with one attached hydrogen (secondary N) is 3. The number of carbonyl (C=O) groups excluding carboxylic acids is 1. The van der Waals surface area contributed by atoms with Crippen LogP contribution in [0.15, 0.2) is 64.1 Å². The lowest BCUT2D eigenvalue weighted by molar-refractivity contribution is 0.262. The van der Waals surface area contributed by atoms with Crippen molar-refractivity contribution in [2.75, 3.05) is 16.1 Å². The summed E-state index contributed by atoms with van der Waals surface area (Å²) in [6.45, 7) is 1.78. The molecule has 0 spiro atoms. The number of hydrogen-bond acceptors (Lipinski definition) is 7. The topological polar surface area (TPSA) is 169 Å². The predicted molar refractivity (Wildman–Crippen MR) is 122 cm³/mol. The Bertz CT molecular complexity index is 1070. The van der Waals surface area contributed by atoms with Crippen molar-refractivity contribution in [1.82, 2.24) is 4.98 Å². The second-order valence-corrected chi connectivity index (χ2v) is 6.98. The molecule has 10 nitrogen and oxygen atoms in total. The molecule has 0 atom stereocenters. The number of nitrogens with zero attached hydrogens (tertiary/aromatic N) is 3. The zero-order valence-corrected chi connectivity index (χ0v) is 16.9. The van der Waals surface area contributed by atoms with Crippen LogP contribution in [0.5, 0.6) is 0 Å². The zero-order valence-electron chi connectivity index (χ0n) is 16.1. The van der Waals surface area contributed by atoms with Crippen LogP contribution in [0.2, 0.25) is 0 Å². The third-order valence-electron chi connectivity index (χ3n) is 3.94. The highest BCUT2D eigenvalue weighted by atomic mass is 32.1. The third kappa shape index (κ3) is 5.53. The average molecular weight is 424 g/mol. The van der Waals surface area contributed by atoms with Gasteiger partial charge in [0.2, 0.25) is 5.96 Å². The van der Waals surface area contributed by atoms with E-state index in [4.69, 9.17) is 17.3 Å². The number of hydrogen-bond donors (Lipinski definition) is 6. The van der Waals surface area contributed by atoms with E-state index in [0.717, 1.165) is 16.8 Å². The highest BCUT2D eigenvalue weighted by Crippen LogP contribution is 2.25. The Labute approximate surface area is 176 Å². The molecule has 11 heteroatoms. The van der Waals surface area contributed by atoms with E-state index < -0.39 is 0 Å². The van der Waals surface area contributed by atoms with Crippen LogP contribution in [0.3, 0.4) is 0 Å². The van der Waals surface area contributed by atoms with Gasteiger partial charge in [0, 0.05) is 22.3 Å². The molecule has 3 aromatic rings. The van der Waals surface area contributed by atoms with Gasteiger partial charge in [-0.25, -0.2) is 15.6 Å². The second kappa shape index (κ2) is 9.49. The van der Waals surface area contributed by atoms with Gasteiger partial charge in [0.1, 0.15) is 0 Å². The Morgan fingerprint density at radius 1 is 0.967 bits per heavy atom. The van der Waals surface area contributed by atoms with Gasteiger partial charge >= 0.3 is 6.03 Å². The number of carbonyl (C=O) groups is 1. The molecule has 0 aliphatic carbocycles. The molecule has 0 aliphatic heterocycles. The van der Waals surface area contributed by atoms with E-state index >= 15 is 0 Å². The molecular formula is C19H21N9OS. The van der Waals surface area contributed by atoms with Crippen LogP contribution in [0, 0.1) is 0 Å². The first-order chi connectivity index (χ1) is 14.4. The number of benzene rings is 2. The molecule has 1 heterocycles. The van der Waals surface area contributed by atoms with Crippen molar-refractivity contribution >= 4 is 45.5 Å². The van der Waals surface area contributed by atoms with E-state index in [-0.39, 0.29) is 12.0 Å². The average Bonchev–Trinajstić information content (AvgIpc) is 3.22. The SMILES string of the molecule is CC(=NN=C(N)N)c1ccc(NC(=O)Nc2ccc(-c3csc(NN)n3)cc2)cc1. The molecule has 0 aliphatic rings. The lowest BCUT2D eigenvalue weighted by Gasteiger charge is -2.09. The molecule has 0 radical (unpaired) electrons. The van der Waals surface area contributed by atoms with Gasteiger partial charge in [-0.1, -0.05) is 24.3 Å². The maximum atomic E-state index is 12.3. The van der Waals surface area contributed by atoms with Crippen LogP contribution in [0.25, 0.3) is 11.3 Å². The van der Waals surface area contributed by atoms with Crippen LogP contribution < -0.4 is 33.4 Å². The maximum Gasteiger partial charge on any atom is 0.323 e. The highest BCUT2D eigenvalue weighted by molar-refractivity contribution is 7.14. The molecule has 2 aromatic carbocycles. The van der Waals surface area contributed by atoms with Gasteiger partial charge in [0.05, 0.1) is 11.4 Å². The molecule has 2 amide bonds. The summed E-state index contributed by atoms with van der Waals surface area (Å²) in [6.07, 6.45) is 0. The van der Waals surface area contributed by atoms with Crippen LogP contribution in [0.1, 0.15) is 12.5 Å². The fourth-order valence-electron chi connectivity index (χ4n) is 2.48. The van der Waals surface area contributed by atoms with Crippen molar-refractivity contribution in [1.29, 1.82) is 0 Å². The quantitative estimate of drug-likeness (QED) is 0.154. The van der Waals surface area contributed by atoms with E-state index in [9.17, 15) is 4.79 Å². The molecule has 0 saturated heterocycles. The first-order valence-electron chi connectivity index (χ1n) is 8.79. The van der Waals surface area contributed by atoms with Crippen molar-refractivity contribution in [2.45, 2.75) is 6.92 Å². The number of rotatable bonds is 6. The van der Waals surface area contributed by atoms with Crippen molar-refractivity contribution in [3.05, 3.63) is 59.5 Å². The van der Waals surface area contributed by atoms with E-state index in [2.05, 4.69) is 31.2 Å². The molecular weight excluding hydrogens is 402 g/mol. The van der Waals surface area contributed by atoms with Gasteiger partial charge in [0.25, 0.3) is 0 Å². The van der Waals surface area contributed by atoms with Gasteiger partial charge in [0.15, 0.2) is 5.13 Å². The molecule has 30 heavy (non-hydrogen) atoms. The van der Waals surface area contributed by atoms with Gasteiger partial charge in [-0.05, 0) is 36.8 Å². The lowest BCUT2D eigenvalue weighted by Crippen LogP contribution is -2.22. The number of anilines is 3. The van der Waals surface area contributed by atoms with E-state index in [1.54, 1.807) is 31.2 Å². The number of amides is 2. The number of hydrazine groups is 1. The summed E-state index contributed by atoms with van der Waals surface area (Å²) in [5.74, 6) is 5.24. The monoisotopic (exact) mass is 423 g/mol. The molecule has 0 fully saturated rings. The standard InChI is InChI=1S/C19H21N9OS/c1-11(27-28-17(20)21)12-2-6-14(7-3-12)23-18(29)24-15-8-4-13(5-9-15)16-10-30-19(25-16)26-22/h2-10H,22H2,1H3,(H,25,26)(H4,20,21,28)(H2,23,24,29). The number of urea groups is 1. The molecule has 3 rings (SSSR count). The fourth-order valence-corrected chi connectivity index (χ4v) is 3.11. The summed E-state index contributed by atoms with van der Waals surface area (Å²) in [5.41, 5.74) is 17.5. The number of aromatic nitrogens is 1. The summed E-state index contributed by atoms with van der Waals surface area (Å²) in [4.78, 5) is 16.6. The summed E-state index contributed by atoms with van der Waals surface area (Å²) >= 11 is 1.42. The molecule has 0 unspecified atom stereocenters. The van der Waals surface area contributed by atoms with Crippen LogP contribution in [0.4, 0.5) is 21.3 Å². The Morgan fingerprint density at radius 3 is 2.10 bits per heavy atom. The first-order valence-corrected chi connectivity index (χ1v) is 9.67. The third-order valence-corrected chi connectivity index (χ3v) is 4.72. The van der Waals surface area contributed by atoms with Gasteiger partial charge in [-0.15, -0.1) is 16.4 Å². The number of nitrogens with two attached hydrogens (primary N) is 3. The minimum Gasteiger partial charge on any atom is -0.369 e. The second-order valence-electron chi connectivity index (χ2n) is 6.13. The molecule has 0 bridgehead atoms. The molecule has 154 valence electrons. The number of thiazole rings is 1. The molecule has 0 saturated carbocycles. The zero-order chi connectivity index (χ0) is 21.5. The normalized spacial score (nSPS) is 10.9. The van der Waals surface area contributed by atoms with Crippen molar-refractivity contribution in [3.63, 3.8) is 0 Å².